The van der Waals surface area contributed by atoms with Crippen molar-refractivity contribution < 1.29 is 9.84 Å². The van der Waals surface area contributed by atoms with Gasteiger partial charge in [-0.1, -0.05) is 41.7 Å². The maximum atomic E-state index is 10.6. The van der Waals surface area contributed by atoms with E-state index >= 15 is 0 Å². The van der Waals surface area contributed by atoms with Gasteiger partial charge in [0.2, 0.25) is 0 Å². The second kappa shape index (κ2) is 6.68. The molecule has 0 aliphatic carbocycles. The molecule has 0 amide bonds. The summed E-state index contributed by atoms with van der Waals surface area (Å²) < 4.78 is 5.19. The van der Waals surface area contributed by atoms with Gasteiger partial charge in [-0.05, 0) is 29.8 Å². The Morgan fingerprint density at radius 3 is 2.70 bits per heavy atom. The molecular formula is C17H17N3O2S. The van der Waals surface area contributed by atoms with Crippen molar-refractivity contribution in [3.8, 4) is 5.75 Å². The molecule has 0 spiro atoms. The molecule has 1 aromatic heterocycles. The fraction of sp³-hybridized carbons (Fsp3) is 0.118. The average Bonchev–Trinajstić information content (AvgIpc) is 2.95. The van der Waals surface area contributed by atoms with E-state index in [1.165, 1.54) is 11.3 Å². The molecule has 118 valence electrons. The van der Waals surface area contributed by atoms with Crippen LogP contribution in [0.25, 0.3) is 0 Å². The number of aromatic nitrogens is 1. The topological polar surface area (TPSA) is 80.4 Å². The Morgan fingerprint density at radius 1 is 1.17 bits per heavy atom. The highest BCUT2D eigenvalue weighted by molar-refractivity contribution is 7.16. The van der Waals surface area contributed by atoms with Gasteiger partial charge in [-0.3, -0.25) is 0 Å². The first-order valence-electron chi connectivity index (χ1n) is 7.07. The number of thiazole rings is 1. The van der Waals surface area contributed by atoms with Gasteiger partial charge in [0.25, 0.3) is 0 Å². The van der Waals surface area contributed by atoms with Gasteiger partial charge in [-0.2, -0.15) is 0 Å². The molecule has 1 unspecified atom stereocenters. The fourth-order valence-electron chi connectivity index (χ4n) is 2.20. The standard InChI is InChI=1S/C17H17N3O2S/c1-22-13-9-5-6-11(10-13)14(21)15-16(18)20-17(23-15)19-12-7-3-2-4-8-12/h2-10,14,21H,18H2,1H3,(H,19,20). The Hall–Kier alpha value is -2.57. The third-order valence-corrected chi connectivity index (χ3v) is 4.40. The minimum Gasteiger partial charge on any atom is -0.497 e. The summed E-state index contributed by atoms with van der Waals surface area (Å²) in [6, 6.07) is 17.0. The van der Waals surface area contributed by atoms with Crippen LogP contribution in [0.3, 0.4) is 0 Å². The maximum Gasteiger partial charge on any atom is 0.189 e. The summed E-state index contributed by atoms with van der Waals surface area (Å²) in [5.74, 6) is 1.01. The zero-order chi connectivity index (χ0) is 16.2. The maximum absolute atomic E-state index is 10.6. The van der Waals surface area contributed by atoms with Crippen LogP contribution in [0.5, 0.6) is 5.75 Å². The summed E-state index contributed by atoms with van der Waals surface area (Å²) >= 11 is 1.33. The summed E-state index contributed by atoms with van der Waals surface area (Å²) in [6.07, 6.45) is -0.839. The van der Waals surface area contributed by atoms with E-state index in [4.69, 9.17) is 10.5 Å². The monoisotopic (exact) mass is 327 g/mol. The first-order chi connectivity index (χ1) is 11.2. The molecular weight excluding hydrogens is 310 g/mol. The molecule has 0 saturated heterocycles. The van der Waals surface area contributed by atoms with Crippen LogP contribution in [-0.2, 0) is 0 Å². The quantitative estimate of drug-likeness (QED) is 0.667. The van der Waals surface area contributed by atoms with E-state index in [1.54, 1.807) is 13.2 Å². The second-order valence-corrected chi connectivity index (χ2v) is 5.97. The summed E-state index contributed by atoms with van der Waals surface area (Å²) in [4.78, 5) is 4.90. The van der Waals surface area contributed by atoms with Crippen LogP contribution in [0.1, 0.15) is 16.5 Å². The van der Waals surface area contributed by atoms with Crippen molar-refractivity contribution in [1.29, 1.82) is 0 Å². The van der Waals surface area contributed by atoms with Crippen LogP contribution < -0.4 is 15.8 Å². The van der Waals surface area contributed by atoms with Crippen molar-refractivity contribution in [2.24, 2.45) is 0 Å². The number of anilines is 3. The van der Waals surface area contributed by atoms with Gasteiger partial charge in [-0.25, -0.2) is 4.98 Å². The number of nitrogens with two attached hydrogens (primary N) is 1. The van der Waals surface area contributed by atoms with E-state index in [9.17, 15) is 5.11 Å². The highest BCUT2D eigenvalue weighted by Gasteiger charge is 2.19. The van der Waals surface area contributed by atoms with Gasteiger partial charge in [0.1, 0.15) is 17.7 Å². The molecule has 0 saturated carbocycles. The van der Waals surface area contributed by atoms with Crippen LogP contribution in [0.4, 0.5) is 16.6 Å². The van der Waals surface area contributed by atoms with Crippen LogP contribution in [-0.4, -0.2) is 17.2 Å². The number of rotatable bonds is 5. The lowest BCUT2D eigenvalue weighted by molar-refractivity contribution is 0.224. The van der Waals surface area contributed by atoms with E-state index < -0.39 is 6.10 Å². The molecule has 0 fully saturated rings. The van der Waals surface area contributed by atoms with Crippen LogP contribution in [0, 0.1) is 0 Å². The largest absolute Gasteiger partial charge is 0.497 e. The summed E-state index contributed by atoms with van der Waals surface area (Å²) in [6.45, 7) is 0. The lowest BCUT2D eigenvalue weighted by Gasteiger charge is -2.10. The number of nitrogens with zero attached hydrogens (tertiary/aromatic N) is 1. The number of ether oxygens (including phenoxy) is 1. The predicted molar refractivity (Wildman–Crippen MR) is 93.3 cm³/mol. The Labute approximate surface area is 138 Å². The molecule has 0 radical (unpaired) electrons. The van der Waals surface area contributed by atoms with Crippen LogP contribution in [0.2, 0.25) is 0 Å². The summed E-state index contributed by atoms with van der Waals surface area (Å²) in [5.41, 5.74) is 7.61. The number of benzene rings is 2. The Kier molecular flexibility index (Phi) is 4.45. The number of aliphatic hydroxyl groups is 1. The number of para-hydroxylation sites is 1. The molecule has 4 N–H and O–H groups in total. The SMILES string of the molecule is COc1cccc(C(O)c2sc(Nc3ccccc3)nc2N)c1. The van der Waals surface area contributed by atoms with Crippen molar-refractivity contribution in [3.63, 3.8) is 0 Å². The van der Waals surface area contributed by atoms with Gasteiger partial charge >= 0.3 is 0 Å². The number of methoxy groups -OCH3 is 1. The van der Waals surface area contributed by atoms with E-state index in [0.717, 1.165) is 5.69 Å². The number of hydrogen-bond donors (Lipinski definition) is 3. The van der Waals surface area contributed by atoms with Crippen LogP contribution in [0.15, 0.2) is 54.6 Å². The van der Waals surface area contributed by atoms with Gasteiger partial charge in [-0.15, -0.1) is 0 Å². The van der Waals surface area contributed by atoms with Crippen molar-refractivity contribution in [2.45, 2.75) is 6.10 Å². The predicted octanol–water partition coefficient (Wildman–Crippen LogP) is 3.56. The normalized spacial score (nSPS) is 11.9. The van der Waals surface area contributed by atoms with Crippen LogP contribution >= 0.6 is 11.3 Å². The zero-order valence-corrected chi connectivity index (χ0v) is 13.4. The molecule has 2 aromatic carbocycles. The minimum atomic E-state index is -0.839. The first kappa shape index (κ1) is 15.3. The molecule has 23 heavy (non-hydrogen) atoms. The van der Waals surface area contributed by atoms with Gasteiger partial charge in [0.15, 0.2) is 5.13 Å². The lowest BCUT2D eigenvalue weighted by Crippen LogP contribution is -2.01. The Bertz CT molecular complexity index is 790. The molecule has 1 heterocycles. The smallest absolute Gasteiger partial charge is 0.189 e. The zero-order valence-electron chi connectivity index (χ0n) is 12.6. The van der Waals surface area contributed by atoms with E-state index in [1.807, 2.05) is 48.5 Å². The molecule has 0 bridgehead atoms. The molecule has 0 aliphatic rings. The molecule has 6 heteroatoms. The van der Waals surface area contributed by atoms with Gasteiger partial charge in [0.05, 0.1) is 12.0 Å². The highest BCUT2D eigenvalue weighted by Crippen LogP contribution is 2.36. The van der Waals surface area contributed by atoms with Crippen molar-refractivity contribution in [2.75, 3.05) is 18.2 Å². The third kappa shape index (κ3) is 3.44. The molecule has 3 aromatic rings. The highest BCUT2D eigenvalue weighted by atomic mass is 32.1. The van der Waals surface area contributed by atoms with E-state index in [-0.39, 0.29) is 0 Å². The average molecular weight is 327 g/mol. The van der Waals surface area contributed by atoms with Crippen molar-refractivity contribution >= 4 is 28.0 Å². The van der Waals surface area contributed by atoms with Gasteiger partial charge in [0, 0.05) is 5.69 Å². The Balaban J connectivity index is 1.85. The summed E-state index contributed by atoms with van der Waals surface area (Å²) in [7, 11) is 1.59. The van der Waals surface area contributed by atoms with E-state index in [2.05, 4.69) is 10.3 Å². The molecule has 3 rings (SSSR count). The van der Waals surface area contributed by atoms with Crippen molar-refractivity contribution in [1.82, 2.24) is 4.98 Å². The van der Waals surface area contributed by atoms with Gasteiger partial charge < -0.3 is 20.9 Å². The number of nitrogens with one attached hydrogen (secondary N) is 1. The molecule has 5 nitrogen and oxygen atoms in total. The number of nitrogen functional groups attached to an aromatic ring is 1. The fourth-order valence-corrected chi connectivity index (χ4v) is 3.12. The molecule has 1 atom stereocenters. The number of hydrogen-bond acceptors (Lipinski definition) is 6. The summed E-state index contributed by atoms with van der Waals surface area (Å²) in [5, 5.41) is 14.4. The second-order valence-electron chi connectivity index (χ2n) is 4.94. The van der Waals surface area contributed by atoms with Crippen molar-refractivity contribution in [3.05, 3.63) is 65.0 Å². The van der Waals surface area contributed by atoms with E-state index in [0.29, 0.717) is 27.1 Å². The Morgan fingerprint density at radius 2 is 1.96 bits per heavy atom. The molecule has 0 aliphatic heterocycles. The lowest BCUT2D eigenvalue weighted by atomic mass is 10.1. The third-order valence-electron chi connectivity index (χ3n) is 3.36. The first-order valence-corrected chi connectivity index (χ1v) is 7.89. The minimum absolute atomic E-state index is 0.323. The number of aliphatic hydroxyl groups excluding tert-OH is 1.